The predicted octanol–water partition coefficient (Wildman–Crippen LogP) is 4.80. The summed E-state index contributed by atoms with van der Waals surface area (Å²) in [6.07, 6.45) is -4.73. The molecule has 0 aliphatic carbocycles. The molecule has 1 aliphatic heterocycles. The van der Waals surface area contributed by atoms with Crippen molar-refractivity contribution in [2.45, 2.75) is 64.0 Å². The smallest absolute Gasteiger partial charge is 0.433 e. The maximum absolute atomic E-state index is 14.1. The van der Waals surface area contributed by atoms with Gasteiger partial charge in [0.25, 0.3) is 0 Å². The van der Waals surface area contributed by atoms with E-state index in [-0.39, 0.29) is 48.3 Å². The van der Waals surface area contributed by atoms with E-state index < -0.39 is 41.7 Å². The van der Waals surface area contributed by atoms with Gasteiger partial charge in [0.2, 0.25) is 0 Å². The van der Waals surface area contributed by atoms with Gasteiger partial charge in [-0.05, 0) is 39.3 Å². The normalized spacial score (nSPS) is 18.0. The van der Waals surface area contributed by atoms with Crippen LogP contribution in [0.3, 0.4) is 0 Å². The Morgan fingerprint density at radius 2 is 1.81 bits per heavy atom. The van der Waals surface area contributed by atoms with Crippen LogP contribution in [0.1, 0.15) is 55.4 Å². The second-order valence-electron chi connectivity index (χ2n) is 9.59. The molecule has 0 N–H and O–H groups in total. The molecule has 2 aromatic rings. The van der Waals surface area contributed by atoms with Gasteiger partial charge < -0.3 is 9.47 Å². The van der Waals surface area contributed by atoms with E-state index >= 15 is 0 Å². The number of Topliss-reactive ketones (excluding diaryl/α,β-unsaturated/α-hetero) is 1. The summed E-state index contributed by atoms with van der Waals surface area (Å²) < 4.78 is 62.8. The Labute approximate surface area is 211 Å². The number of ketones is 1. The lowest BCUT2D eigenvalue weighted by molar-refractivity contribution is -0.141. The van der Waals surface area contributed by atoms with Crippen molar-refractivity contribution >= 4 is 17.8 Å². The van der Waals surface area contributed by atoms with Crippen molar-refractivity contribution in [3.8, 4) is 11.1 Å². The average Bonchev–Trinajstić information content (AvgIpc) is 3.22. The Balaban J connectivity index is 1.80. The molecule has 0 bridgehead atoms. The van der Waals surface area contributed by atoms with Gasteiger partial charge in [0.15, 0.2) is 5.78 Å². The highest BCUT2D eigenvalue weighted by Crippen LogP contribution is 2.31. The van der Waals surface area contributed by atoms with Gasteiger partial charge in [-0.15, -0.1) is 0 Å². The highest BCUT2D eigenvalue weighted by Gasteiger charge is 2.41. The van der Waals surface area contributed by atoms with Crippen LogP contribution in [-0.4, -0.2) is 64.2 Å². The molecule has 12 heteroatoms. The molecule has 1 aliphatic rings. The first kappa shape index (κ1) is 28.0. The monoisotopic (exact) mass is 525 g/mol. The molecule has 0 unspecified atom stereocenters. The quantitative estimate of drug-likeness (QED) is 0.395. The number of carbonyl (C=O) groups excluding carboxylic acids is 3. The molecular formula is C25H27F4N3O5. The Kier molecular flexibility index (Phi) is 8.19. The first-order valence-electron chi connectivity index (χ1n) is 11.5. The fraction of sp³-hybridized carbons (Fsp3) is 0.480. The van der Waals surface area contributed by atoms with Crippen LogP contribution < -0.4 is 0 Å². The van der Waals surface area contributed by atoms with E-state index in [1.807, 2.05) is 0 Å². The van der Waals surface area contributed by atoms with Crippen LogP contribution in [-0.2, 0) is 26.9 Å². The molecule has 2 aromatic heterocycles. The van der Waals surface area contributed by atoms with Gasteiger partial charge >= 0.3 is 18.2 Å². The highest BCUT2D eigenvalue weighted by molar-refractivity contribution is 5.97. The molecule has 200 valence electrons. The maximum Gasteiger partial charge on any atom is 0.433 e. The molecule has 0 spiro atoms. The molecule has 0 radical (unpaired) electrons. The molecule has 2 atom stereocenters. The van der Waals surface area contributed by atoms with Crippen molar-refractivity contribution in [3.05, 3.63) is 47.5 Å². The zero-order valence-electron chi connectivity index (χ0n) is 20.8. The number of esters is 1. The van der Waals surface area contributed by atoms with E-state index in [2.05, 4.69) is 9.97 Å². The summed E-state index contributed by atoms with van der Waals surface area (Å²) in [5.74, 6) is -1.14. The number of aromatic nitrogens is 2. The standard InChI is InChI=1S/C25H27F4N3O5/c1-24(2,3)37-23(35)32-13-15(26)9-19(32)20(33)7-6-16-10-17(18(12-30-16)22(34)36-4)14-5-8-21(31-11-14)25(27,28)29/h5,8,10-12,15,19H,6-7,9,13H2,1-4H3/t15-,19+/m1/s1. The number of halogens is 4. The van der Waals surface area contributed by atoms with Crippen molar-refractivity contribution in [1.82, 2.24) is 14.9 Å². The molecule has 8 nitrogen and oxygen atoms in total. The number of hydrogen-bond acceptors (Lipinski definition) is 7. The zero-order chi connectivity index (χ0) is 27.5. The molecule has 0 aromatic carbocycles. The number of rotatable bonds is 6. The summed E-state index contributed by atoms with van der Waals surface area (Å²) >= 11 is 0. The van der Waals surface area contributed by atoms with Crippen molar-refractivity contribution in [1.29, 1.82) is 0 Å². The number of alkyl halides is 4. The lowest BCUT2D eigenvalue weighted by Gasteiger charge is -2.27. The minimum atomic E-state index is -4.63. The number of ether oxygens (including phenoxy) is 2. The second-order valence-corrected chi connectivity index (χ2v) is 9.59. The fourth-order valence-corrected chi connectivity index (χ4v) is 3.90. The van der Waals surface area contributed by atoms with Crippen LogP contribution in [0.15, 0.2) is 30.6 Å². The van der Waals surface area contributed by atoms with E-state index in [4.69, 9.17) is 9.47 Å². The largest absolute Gasteiger partial charge is 0.465 e. The minimum Gasteiger partial charge on any atom is -0.465 e. The third kappa shape index (κ3) is 7.01. The van der Waals surface area contributed by atoms with E-state index in [1.165, 1.54) is 18.3 Å². The van der Waals surface area contributed by atoms with E-state index in [0.717, 1.165) is 24.3 Å². The zero-order valence-corrected chi connectivity index (χ0v) is 20.8. The van der Waals surface area contributed by atoms with Crippen LogP contribution in [0, 0.1) is 0 Å². The Bertz CT molecular complexity index is 1160. The van der Waals surface area contributed by atoms with Gasteiger partial charge in [-0.25, -0.2) is 14.0 Å². The molecule has 1 fully saturated rings. The van der Waals surface area contributed by atoms with Crippen LogP contribution in [0.25, 0.3) is 11.1 Å². The predicted molar refractivity (Wildman–Crippen MR) is 123 cm³/mol. The van der Waals surface area contributed by atoms with Crippen LogP contribution in [0.2, 0.25) is 0 Å². The number of likely N-dealkylation sites (tertiary alicyclic amines) is 1. The van der Waals surface area contributed by atoms with Gasteiger partial charge in [0.05, 0.1) is 25.3 Å². The molecule has 3 heterocycles. The summed E-state index contributed by atoms with van der Waals surface area (Å²) in [7, 11) is 1.15. The van der Waals surface area contributed by atoms with E-state index in [1.54, 1.807) is 20.8 Å². The number of carbonyl (C=O) groups is 3. The molecule has 1 saturated heterocycles. The number of nitrogens with zero attached hydrogens (tertiary/aromatic N) is 3. The Morgan fingerprint density at radius 3 is 2.38 bits per heavy atom. The van der Waals surface area contributed by atoms with Crippen LogP contribution in [0.4, 0.5) is 22.4 Å². The Hall–Kier alpha value is -3.57. The topological polar surface area (TPSA) is 98.7 Å². The van der Waals surface area contributed by atoms with Crippen LogP contribution >= 0.6 is 0 Å². The lowest BCUT2D eigenvalue weighted by atomic mass is 9.99. The highest BCUT2D eigenvalue weighted by atomic mass is 19.4. The summed E-state index contributed by atoms with van der Waals surface area (Å²) in [6, 6.07) is 2.43. The van der Waals surface area contributed by atoms with Crippen LogP contribution in [0.5, 0.6) is 0 Å². The molecule has 0 saturated carbocycles. The van der Waals surface area contributed by atoms with Crippen molar-refractivity contribution in [2.24, 2.45) is 0 Å². The first-order valence-corrected chi connectivity index (χ1v) is 11.5. The maximum atomic E-state index is 14.1. The Morgan fingerprint density at radius 1 is 1.11 bits per heavy atom. The first-order chi connectivity index (χ1) is 17.2. The van der Waals surface area contributed by atoms with Crippen molar-refractivity contribution in [2.75, 3.05) is 13.7 Å². The second kappa shape index (κ2) is 10.8. The number of amides is 1. The average molecular weight is 525 g/mol. The van der Waals surface area contributed by atoms with Gasteiger partial charge in [-0.1, -0.05) is 6.07 Å². The van der Waals surface area contributed by atoms with Crippen molar-refractivity contribution in [3.63, 3.8) is 0 Å². The summed E-state index contributed by atoms with van der Waals surface area (Å²) in [4.78, 5) is 46.3. The van der Waals surface area contributed by atoms with Crippen molar-refractivity contribution < 1.29 is 41.4 Å². The number of hydrogen-bond donors (Lipinski definition) is 0. The minimum absolute atomic E-state index is 0.00583. The molecular weight excluding hydrogens is 498 g/mol. The van der Waals surface area contributed by atoms with E-state index in [0.29, 0.717) is 5.69 Å². The summed E-state index contributed by atoms with van der Waals surface area (Å²) in [5, 5.41) is 0. The summed E-state index contributed by atoms with van der Waals surface area (Å²) in [5.41, 5.74) is -1.09. The van der Waals surface area contributed by atoms with Gasteiger partial charge in [-0.2, -0.15) is 13.2 Å². The third-order valence-corrected chi connectivity index (χ3v) is 5.61. The van der Waals surface area contributed by atoms with Gasteiger partial charge in [0.1, 0.15) is 17.5 Å². The lowest BCUT2D eigenvalue weighted by Crippen LogP contribution is -2.43. The molecule has 3 rings (SSSR count). The molecule has 37 heavy (non-hydrogen) atoms. The third-order valence-electron chi connectivity index (χ3n) is 5.61. The summed E-state index contributed by atoms with van der Waals surface area (Å²) in [6.45, 7) is 4.75. The fourth-order valence-electron chi connectivity index (χ4n) is 3.90. The van der Waals surface area contributed by atoms with Gasteiger partial charge in [-0.3, -0.25) is 19.7 Å². The molecule has 1 amide bonds. The SMILES string of the molecule is COC(=O)c1cnc(CCC(=O)[C@@H]2C[C@@H](F)CN2C(=O)OC(C)(C)C)cc1-c1ccc(C(F)(F)F)nc1. The number of aryl methyl sites for hydroxylation is 1. The number of pyridine rings is 2. The van der Waals surface area contributed by atoms with Gasteiger partial charge in [0, 0.05) is 42.1 Å². The van der Waals surface area contributed by atoms with E-state index in [9.17, 15) is 31.9 Å². The number of methoxy groups -OCH3 is 1.